The van der Waals surface area contributed by atoms with Gasteiger partial charge in [0.2, 0.25) is 0 Å². The van der Waals surface area contributed by atoms with Crippen LogP contribution in [0.15, 0.2) is 25.3 Å². The van der Waals surface area contributed by atoms with E-state index in [1.54, 1.807) is 22.6 Å². The molecule has 1 atom stereocenters. The molecule has 132 valence electrons. The predicted octanol–water partition coefficient (Wildman–Crippen LogP) is 4.72. The third kappa shape index (κ3) is 20.1. The summed E-state index contributed by atoms with van der Waals surface area (Å²) >= 11 is 1.78. The summed E-state index contributed by atoms with van der Waals surface area (Å²) in [7, 11) is -3.82. The highest BCUT2D eigenvalue weighted by Crippen LogP contribution is 2.17. The zero-order valence-corrected chi connectivity index (χ0v) is 16.7. The van der Waals surface area contributed by atoms with Gasteiger partial charge in [-0.15, -0.1) is 13.2 Å². The summed E-state index contributed by atoms with van der Waals surface area (Å²) in [6, 6.07) is 0. The van der Waals surface area contributed by atoms with Crippen LogP contribution in [-0.4, -0.2) is 29.3 Å². The molecule has 0 heterocycles. The maximum atomic E-state index is 10.7. The van der Waals surface area contributed by atoms with Crippen LogP contribution < -0.4 is 5.32 Å². The van der Waals surface area contributed by atoms with Crippen molar-refractivity contribution in [1.82, 2.24) is 5.32 Å². The Morgan fingerprint density at radius 2 is 1.50 bits per heavy atom. The minimum atomic E-state index is -3.82. The van der Waals surface area contributed by atoms with Gasteiger partial charge in [0.05, 0.1) is 0 Å². The Morgan fingerprint density at radius 3 is 1.91 bits per heavy atom. The van der Waals surface area contributed by atoms with Gasteiger partial charge >= 0.3 is 0 Å². The van der Waals surface area contributed by atoms with E-state index in [1.807, 2.05) is 12.2 Å². The Bertz CT molecular complexity index is 350. The van der Waals surface area contributed by atoms with Gasteiger partial charge in [-0.25, -0.2) is 0 Å². The van der Waals surface area contributed by atoms with Gasteiger partial charge in [-0.2, -0.15) is 8.42 Å². The summed E-state index contributed by atoms with van der Waals surface area (Å²) < 4.78 is 29.5. The lowest BCUT2D eigenvalue weighted by atomic mass is 10.1. The van der Waals surface area contributed by atoms with E-state index in [1.165, 1.54) is 32.1 Å². The SMILES string of the molecule is C=CCNCC=C.CCCCCCCCCC(I)S(=O)(=O)O. The minimum absolute atomic E-state index is 0.563. The lowest BCUT2D eigenvalue weighted by Crippen LogP contribution is -2.12. The first-order chi connectivity index (χ1) is 10.4. The lowest BCUT2D eigenvalue weighted by molar-refractivity contribution is 0.476. The van der Waals surface area contributed by atoms with Crippen molar-refractivity contribution in [3.05, 3.63) is 25.3 Å². The van der Waals surface area contributed by atoms with Gasteiger partial charge in [-0.3, -0.25) is 4.55 Å². The fraction of sp³-hybridized carbons (Fsp3) is 0.750. The van der Waals surface area contributed by atoms with Crippen LogP contribution in [0, 0.1) is 0 Å². The van der Waals surface area contributed by atoms with Crippen LogP contribution >= 0.6 is 22.6 Å². The van der Waals surface area contributed by atoms with E-state index in [0.29, 0.717) is 6.42 Å². The topological polar surface area (TPSA) is 66.4 Å². The molecule has 0 saturated heterocycles. The molecule has 0 amide bonds. The summed E-state index contributed by atoms with van der Waals surface area (Å²) in [4.78, 5) is 0. The van der Waals surface area contributed by atoms with Crippen LogP contribution in [0.5, 0.6) is 0 Å². The quantitative estimate of drug-likeness (QED) is 0.142. The highest BCUT2D eigenvalue weighted by atomic mass is 127. The Kier molecular flexibility index (Phi) is 19.3. The van der Waals surface area contributed by atoms with Gasteiger partial charge in [0.15, 0.2) is 0 Å². The summed E-state index contributed by atoms with van der Waals surface area (Å²) in [6.07, 6.45) is 12.4. The molecular weight excluding hydrogens is 413 g/mol. The van der Waals surface area contributed by atoms with E-state index >= 15 is 0 Å². The summed E-state index contributed by atoms with van der Waals surface area (Å²) in [5, 5.41) is 3.05. The van der Waals surface area contributed by atoms with E-state index in [0.717, 1.165) is 25.9 Å². The summed E-state index contributed by atoms with van der Waals surface area (Å²) in [5.74, 6) is 0. The molecule has 0 fully saturated rings. The normalized spacial score (nSPS) is 12.1. The number of alkyl halides is 1. The van der Waals surface area contributed by atoms with Crippen molar-refractivity contribution in [3.8, 4) is 0 Å². The number of hydrogen-bond acceptors (Lipinski definition) is 3. The molecule has 0 saturated carbocycles. The van der Waals surface area contributed by atoms with E-state index in [9.17, 15) is 8.42 Å². The van der Waals surface area contributed by atoms with Gasteiger partial charge in [0.25, 0.3) is 10.1 Å². The standard InChI is InChI=1S/C10H21IO3S.C6H11N/c1-2-3-4-5-6-7-8-9-10(11)15(12,13)14;1-3-5-7-6-4-2/h10H,2-9H2,1H3,(H,12,13,14);3-4,7H,1-2,5-6H2. The zero-order chi connectivity index (χ0) is 17.3. The van der Waals surface area contributed by atoms with Crippen LogP contribution in [-0.2, 0) is 10.1 Å². The molecular formula is C16H32INO3S. The first-order valence-corrected chi connectivity index (χ1v) is 10.7. The second-order valence-electron chi connectivity index (χ2n) is 5.07. The van der Waals surface area contributed by atoms with E-state index < -0.39 is 13.4 Å². The molecule has 2 N–H and O–H groups in total. The largest absolute Gasteiger partial charge is 0.310 e. The molecule has 0 spiro atoms. The number of halogens is 1. The van der Waals surface area contributed by atoms with Gasteiger partial charge in [-0.1, -0.05) is 86.6 Å². The second-order valence-corrected chi connectivity index (χ2v) is 9.02. The minimum Gasteiger partial charge on any atom is -0.310 e. The Morgan fingerprint density at radius 1 is 1.05 bits per heavy atom. The molecule has 0 aromatic carbocycles. The zero-order valence-electron chi connectivity index (χ0n) is 13.8. The van der Waals surface area contributed by atoms with Crippen molar-refractivity contribution in [2.24, 2.45) is 0 Å². The first-order valence-electron chi connectivity index (χ1n) is 7.93. The molecule has 4 nitrogen and oxygen atoms in total. The van der Waals surface area contributed by atoms with Crippen molar-refractivity contribution in [3.63, 3.8) is 0 Å². The van der Waals surface area contributed by atoms with Crippen LogP contribution in [0.3, 0.4) is 0 Å². The van der Waals surface area contributed by atoms with Crippen molar-refractivity contribution < 1.29 is 13.0 Å². The van der Waals surface area contributed by atoms with Gasteiger partial charge < -0.3 is 5.32 Å². The molecule has 0 rings (SSSR count). The van der Waals surface area contributed by atoms with Gasteiger partial charge in [0.1, 0.15) is 3.26 Å². The van der Waals surface area contributed by atoms with E-state index in [2.05, 4.69) is 25.4 Å². The molecule has 0 aliphatic carbocycles. The fourth-order valence-corrected chi connectivity index (χ4v) is 2.60. The van der Waals surface area contributed by atoms with Crippen LogP contribution in [0.1, 0.15) is 58.3 Å². The predicted molar refractivity (Wildman–Crippen MR) is 105 cm³/mol. The summed E-state index contributed by atoms with van der Waals surface area (Å²) in [5.41, 5.74) is 0. The van der Waals surface area contributed by atoms with Gasteiger partial charge in [0, 0.05) is 13.1 Å². The number of rotatable bonds is 13. The summed E-state index contributed by atoms with van der Waals surface area (Å²) in [6.45, 7) is 11.0. The molecule has 0 aliphatic heterocycles. The van der Waals surface area contributed by atoms with Gasteiger partial charge in [-0.05, 0) is 6.42 Å². The van der Waals surface area contributed by atoms with Crippen LogP contribution in [0.2, 0.25) is 0 Å². The third-order valence-corrected chi connectivity index (χ3v) is 6.37. The fourth-order valence-electron chi connectivity index (χ4n) is 1.70. The van der Waals surface area contributed by atoms with Crippen molar-refractivity contribution >= 4 is 32.7 Å². The molecule has 0 aromatic heterocycles. The molecule has 0 radical (unpaired) electrons. The first kappa shape index (κ1) is 24.3. The molecule has 0 aromatic rings. The Hall–Kier alpha value is 0.0800. The highest BCUT2D eigenvalue weighted by Gasteiger charge is 2.17. The lowest BCUT2D eigenvalue weighted by Gasteiger charge is -2.05. The third-order valence-electron chi connectivity index (χ3n) is 2.94. The molecule has 0 aliphatic rings. The van der Waals surface area contributed by atoms with Crippen molar-refractivity contribution in [2.75, 3.05) is 13.1 Å². The van der Waals surface area contributed by atoms with Crippen molar-refractivity contribution in [1.29, 1.82) is 0 Å². The monoisotopic (exact) mass is 445 g/mol. The smallest absolute Gasteiger partial charge is 0.277 e. The highest BCUT2D eigenvalue weighted by molar-refractivity contribution is 14.1. The van der Waals surface area contributed by atoms with Crippen LogP contribution in [0.4, 0.5) is 0 Å². The van der Waals surface area contributed by atoms with E-state index in [-0.39, 0.29) is 0 Å². The van der Waals surface area contributed by atoms with E-state index in [4.69, 9.17) is 4.55 Å². The average Bonchev–Trinajstić information content (AvgIpc) is 2.46. The number of hydrogen-bond donors (Lipinski definition) is 2. The molecule has 6 heteroatoms. The Balaban J connectivity index is 0. The molecule has 0 bridgehead atoms. The molecule has 1 unspecified atom stereocenters. The second kappa shape index (κ2) is 17.4. The Labute approximate surface area is 150 Å². The van der Waals surface area contributed by atoms with Crippen molar-refractivity contribution in [2.45, 2.75) is 61.5 Å². The number of nitrogens with one attached hydrogen (secondary N) is 1. The van der Waals surface area contributed by atoms with Crippen LogP contribution in [0.25, 0.3) is 0 Å². The number of unbranched alkanes of at least 4 members (excludes halogenated alkanes) is 6. The maximum Gasteiger partial charge on any atom is 0.277 e. The molecule has 22 heavy (non-hydrogen) atoms. The maximum absolute atomic E-state index is 10.7. The average molecular weight is 445 g/mol.